The first-order chi connectivity index (χ1) is 14.4. The number of ether oxygens (including phenoxy) is 1. The van der Waals surface area contributed by atoms with Gasteiger partial charge in [0.05, 0.1) is 19.0 Å². The van der Waals surface area contributed by atoms with Gasteiger partial charge < -0.3 is 9.84 Å². The molecule has 0 atom stereocenters. The average molecular weight is 477 g/mol. The van der Waals surface area contributed by atoms with Crippen molar-refractivity contribution < 1.29 is 23.1 Å². The summed E-state index contributed by atoms with van der Waals surface area (Å²) in [6, 6.07) is 9.73. The molecule has 2 N–H and O–H groups in total. The van der Waals surface area contributed by atoms with E-state index in [0.29, 0.717) is 26.0 Å². The number of carbonyl (C=O) groups is 1. The Morgan fingerprint density at radius 2 is 1.81 bits per heavy atom. The molecule has 6 nitrogen and oxygen atoms in total. The van der Waals surface area contributed by atoms with Crippen LogP contribution in [0.5, 0.6) is 0 Å². The van der Waals surface area contributed by atoms with Crippen LogP contribution in [-0.4, -0.2) is 68.0 Å². The molecular formula is C22H31NNaO5S2. The predicted octanol–water partition coefficient (Wildman–Crippen LogP) is 3.50. The molecule has 0 aliphatic heterocycles. The van der Waals surface area contributed by atoms with Crippen molar-refractivity contribution in [2.75, 3.05) is 18.9 Å². The van der Waals surface area contributed by atoms with E-state index in [0.717, 1.165) is 47.3 Å². The van der Waals surface area contributed by atoms with Gasteiger partial charge in [-0.25, -0.2) is 13.1 Å². The van der Waals surface area contributed by atoms with Crippen LogP contribution < -0.4 is 4.72 Å². The summed E-state index contributed by atoms with van der Waals surface area (Å²) >= 11 is 1.58. The van der Waals surface area contributed by atoms with E-state index in [1.807, 2.05) is 35.7 Å². The second-order valence-corrected chi connectivity index (χ2v) is 9.90. The zero-order chi connectivity index (χ0) is 21.8. The van der Waals surface area contributed by atoms with Crippen LogP contribution in [0.25, 0.3) is 10.4 Å². The van der Waals surface area contributed by atoms with Crippen molar-refractivity contribution in [3.63, 3.8) is 0 Å². The second-order valence-electron chi connectivity index (χ2n) is 7.06. The number of nitrogens with one attached hydrogen (secondary N) is 1. The molecule has 2 aromatic rings. The fourth-order valence-corrected chi connectivity index (χ4v) is 5.10. The number of sulfonamides is 1. The van der Waals surface area contributed by atoms with Crippen molar-refractivity contribution >= 4 is 56.9 Å². The molecule has 0 saturated heterocycles. The number of hydrogen-bond acceptors (Lipinski definition) is 6. The van der Waals surface area contributed by atoms with Gasteiger partial charge in [0.2, 0.25) is 10.0 Å². The summed E-state index contributed by atoms with van der Waals surface area (Å²) in [7, 11) is -3.31. The quantitative estimate of drug-likeness (QED) is 0.247. The first kappa shape index (κ1) is 28.3. The summed E-state index contributed by atoms with van der Waals surface area (Å²) in [4.78, 5) is 12.3. The molecular weight excluding hydrogens is 445 g/mol. The molecule has 0 fully saturated rings. The normalized spacial score (nSPS) is 11.2. The first-order valence-corrected chi connectivity index (χ1v) is 12.9. The first-order valence-electron chi connectivity index (χ1n) is 10.3. The summed E-state index contributed by atoms with van der Waals surface area (Å²) in [5.41, 5.74) is 2.90. The summed E-state index contributed by atoms with van der Waals surface area (Å²) in [6.07, 6.45) is 4.16. The van der Waals surface area contributed by atoms with Gasteiger partial charge in [-0.15, -0.1) is 11.3 Å². The van der Waals surface area contributed by atoms with Gasteiger partial charge in [-0.3, -0.25) is 4.79 Å². The molecule has 167 valence electrons. The van der Waals surface area contributed by atoms with Gasteiger partial charge in [0.15, 0.2) is 0 Å². The number of carbonyl (C=O) groups excluding carboxylic acids is 1. The van der Waals surface area contributed by atoms with Crippen LogP contribution in [0.1, 0.15) is 50.2 Å². The van der Waals surface area contributed by atoms with Gasteiger partial charge in [-0.2, -0.15) is 0 Å². The van der Waals surface area contributed by atoms with Crippen molar-refractivity contribution in [2.24, 2.45) is 0 Å². The Bertz CT molecular complexity index is 882. The van der Waals surface area contributed by atoms with Gasteiger partial charge in [0, 0.05) is 47.4 Å². The summed E-state index contributed by atoms with van der Waals surface area (Å²) in [5.74, 6) is -0.119. The molecule has 0 unspecified atom stereocenters. The van der Waals surface area contributed by atoms with Crippen LogP contribution in [0, 0.1) is 0 Å². The van der Waals surface area contributed by atoms with Crippen molar-refractivity contribution in [1.82, 2.24) is 4.72 Å². The van der Waals surface area contributed by atoms with Crippen LogP contribution in [-0.2, 0) is 32.6 Å². The molecule has 1 aromatic heterocycles. The Labute approximate surface area is 211 Å². The maximum absolute atomic E-state index is 12.2. The molecule has 0 saturated carbocycles. The average Bonchev–Trinajstić information content (AvgIpc) is 3.21. The molecule has 1 heterocycles. The fourth-order valence-electron chi connectivity index (χ4n) is 3.07. The van der Waals surface area contributed by atoms with Gasteiger partial charge in [-0.1, -0.05) is 37.1 Å². The zero-order valence-corrected chi connectivity index (χ0v) is 22.1. The summed E-state index contributed by atoms with van der Waals surface area (Å²) in [5, 5.41) is 11.3. The number of aryl methyl sites for hydroxylation is 1. The summed E-state index contributed by atoms with van der Waals surface area (Å²) < 4.78 is 31.9. The van der Waals surface area contributed by atoms with Gasteiger partial charge in [0.25, 0.3) is 0 Å². The molecule has 0 aliphatic carbocycles. The van der Waals surface area contributed by atoms with Crippen LogP contribution in [0.2, 0.25) is 0 Å². The van der Waals surface area contributed by atoms with Crippen molar-refractivity contribution in [2.45, 2.75) is 52.1 Å². The van der Waals surface area contributed by atoms with E-state index in [1.54, 1.807) is 18.3 Å². The third kappa shape index (κ3) is 10.6. The Morgan fingerprint density at radius 3 is 2.48 bits per heavy atom. The van der Waals surface area contributed by atoms with Crippen LogP contribution >= 0.6 is 11.3 Å². The number of aliphatic hydroxyl groups is 1. The molecule has 0 amide bonds. The maximum Gasteiger partial charge on any atom is 0.305 e. The zero-order valence-electron chi connectivity index (χ0n) is 18.4. The molecule has 9 heteroatoms. The standard InChI is InChI=1S/C22H31NO5S2.Na/c1-2-28-21(25)7-5-3-4-6-14-23-30(26,27)16-13-18-8-10-19(11-9-18)22-20(17-24)12-15-29-22;/h8-12,15,23-24H,2-7,13-14,16-17H2,1H3;. The number of esters is 1. The third-order valence-electron chi connectivity index (χ3n) is 4.73. The smallest absolute Gasteiger partial charge is 0.305 e. The van der Waals surface area contributed by atoms with E-state index < -0.39 is 10.0 Å². The van der Waals surface area contributed by atoms with E-state index in [4.69, 9.17) is 4.74 Å². The molecule has 0 spiro atoms. The Kier molecular flexibility index (Phi) is 13.8. The molecule has 0 aliphatic rings. The van der Waals surface area contributed by atoms with Gasteiger partial charge in [0.1, 0.15) is 0 Å². The fraction of sp³-hybridized carbons (Fsp3) is 0.500. The van der Waals surface area contributed by atoms with Gasteiger partial charge >= 0.3 is 5.97 Å². The number of rotatable bonds is 14. The molecule has 1 aromatic carbocycles. The van der Waals surface area contributed by atoms with E-state index >= 15 is 0 Å². The van der Waals surface area contributed by atoms with E-state index in [9.17, 15) is 18.3 Å². The van der Waals surface area contributed by atoms with E-state index in [-0.39, 0.29) is 47.9 Å². The van der Waals surface area contributed by atoms with Crippen molar-refractivity contribution in [3.8, 4) is 10.4 Å². The Hall–Kier alpha value is -0.740. The minimum Gasteiger partial charge on any atom is -0.466 e. The molecule has 0 bridgehead atoms. The summed E-state index contributed by atoms with van der Waals surface area (Å²) in [6.45, 7) is 2.63. The van der Waals surface area contributed by atoms with E-state index in [1.165, 1.54) is 0 Å². The Morgan fingerprint density at radius 1 is 1.10 bits per heavy atom. The van der Waals surface area contributed by atoms with Crippen molar-refractivity contribution in [3.05, 3.63) is 46.8 Å². The largest absolute Gasteiger partial charge is 0.466 e. The topological polar surface area (TPSA) is 92.7 Å². The minimum atomic E-state index is -3.31. The SMILES string of the molecule is CCOC(=O)CCCCCCNS(=O)(=O)CCc1ccc(-c2sccc2CO)cc1.[Na]. The van der Waals surface area contributed by atoms with Crippen LogP contribution in [0.4, 0.5) is 0 Å². The maximum atomic E-state index is 12.2. The van der Waals surface area contributed by atoms with Gasteiger partial charge in [-0.05, 0) is 54.3 Å². The minimum absolute atomic E-state index is 0. The molecule has 31 heavy (non-hydrogen) atoms. The van der Waals surface area contributed by atoms with Crippen LogP contribution in [0.15, 0.2) is 35.7 Å². The number of aliphatic hydroxyl groups excluding tert-OH is 1. The molecule has 2 rings (SSSR count). The number of hydrogen-bond donors (Lipinski definition) is 2. The number of unbranched alkanes of at least 4 members (excludes halogenated alkanes) is 3. The number of benzene rings is 1. The third-order valence-corrected chi connectivity index (χ3v) is 7.12. The van der Waals surface area contributed by atoms with E-state index in [2.05, 4.69) is 4.72 Å². The second kappa shape index (κ2) is 15.2. The Balaban J connectivity index is 0.00000480. The number of thiophene rings is 1. The van der Waals surface area contributed by atoms with Crippen molar-refractivity contribution in [1.29, 1.82) is 0 Å². The predicted molar refractivity (Wildman–Crippen MR) is 127 cm³/mol. The monoisotopic (exact) mass is 476 g/mol. The van der Waals surface area contributed by atoms with Crippen LogP contribution in [0.3, 0.4) is 0 Å². The molecule has 1 radical (unpaired) electrons.